The van der Waals surface area contributed by atoms with Gasteiger partial charge in [-0.2, -0.15) is 5.10 Å². The lowest BCUT2D eigenvalue weighted by Crippen LogP contribution is -2.25. The van der Waals surface area contributed by atoms with Gasteiger partial charge in [-0.25, -0.2) is 10.2 Å². The summed E-state index contributed by atoms with van der Waals surface area (Å²) in [5.74, 6) is 0.207. The molecule has 1 amide bonds. The van der Waals surface area contributed by atoms with Gasteiger partial charge in [0.1, 0.15) is 0 Å². The van der Waals surface area contributed by atoms with Gasteiger partial charge in [0.05, 0.1) is 28.6 Å². The topological polar surface area (TPSA) is 68.2 Å². The maximum Gasteiger partial charge on any atom is 0.277 e. The first-order valence-corrected chi connectivity index (χ1v) is 10.8. The van der Waals surface area contributed by atoms with E-state index in [1.807, 2.05) is 31.2 Å². The number of anilines is 2. The van der Waals surface area contributed by atoms with Crippen LogP contribution in [0.2, 0.25) is 5.02 Å². The van der Waals surface area contributed by atoms with Crippen LogP contribution in [0.3, 0.4) is 0 Å². The van der Waals surface area contributed by atoms with Crippen LogP contribution in [0.4, 0.5) is 11.4 Å². The van der Waals surface area contributed by atoms with E-state index in [0.29, 0.717) is 34.5 Å². The molecule has 0 unspecified atom stereocenters. The number of aromatic nitrogens is 2. The molecule has 1 aromatic heterocycles. The quantitative estimate of drug-likeness (QED) is 0.328. The zero-order valence-corrected chi connectivity index (χ0v) is 18.7. The second-order valence-corrected chi connectivity index (χ2v) is 8.72. The number of nitrogens with zero attached hydrogens (tertiary/aromatic N) is 2. The molecule has 1 heterocycles. The molecule has 6 nitrogen and oxygen atoms in total. The largest absolute Gasteiger partial charge is 0.355 e. The molecule has 1 saturated carbocycles. The fourth-order valence-corrected chi connectivity index (χ4v) is 3.81. The summed E-state index contributed by atoms with van der Waals surface area (Å²) in [6.45, 7) is 2.55. The molecular weight excluding hydrogens is 503 g/mol. The van der Waals surface area contributed by atoms with Gasteiger partial charge in [-0.1, -0.05) is 11.6 Å². The van der Waals surface area contributed by atoms with E-state index >= 15 is 0 Å². The van der Waals surface area contributed by atoms with E-state index in [2.05, 4.69) is 44.6 Å². The number of amides is 1. The van der Waals surface area contributed by atoms with Crippen molar-refractivity contribution in [1.82, 2.24) is 15.3 Å². The third-order valence-electron chi connectivity index (χ3n) is 4.72. The molecular formula is C21H20ClIN4O2. The average molecular weight is 523 g/mol. The fourth-order valence-electron chi connectivity index (χ4n) is 2.92. The van der Waals surface area contributed by atoms with Crippen LogP contribution < -0.4 is 10.8 Å². The molecule has 0 atom stereocenters. The Balaban J connectivity index is 1.67. The van der Waals surface area contributed by atoms with E-state index in [1.54, 1.807) is 23.1 Å². The van der Waals surface area contributed by atoms with Crippen molar-refractivity contribution in [2.24, 2.45) is 5.92 Å². The van der Waals surface area contributed by atoms with Crippen LogP contribution in [0, 0.1) is 16.4 Å². The number of carbonyl (C=O) groups is 1. The number of hydrogen-bond donors (Lipinski definition) is 2. The minimum absolute atomic E-state index is 0.342. The van der Waals surface area contributed by atoms with Crippen LogP contribution in [0.25, 0.3) is 5.69 Å². The number of carbonyl (C=O) groups excluding carboxylic acids is 1. The molecule has 8 heteroatoms. The minimum atomic E-state index is -0.342. The Hall–Kier alpha value is -2.10. The van der Waals surface area contributed by atoms with E-state index in [4.69, 9.17) is 16.4 Å². The highest BCUT2D eigenvalue weighted by Crippen LogP contribution is 2.32. The third-order valence-corrected chi connectivity index (χ3v) is 5.70. The monoisotopic (exact) mass is 522 g/mol. The van der Waals surface area contributed by atoms with Gasteiger partial charge in [0, 0.05) is 21.7 Å². The maximum absolute atomic E-state index is 12.8. The van der Waals surface area contributed by atoms with Crippen LogP contribution in [0.1, 0.15) is 28.8 Å². The second-order valence-electron chi connectivity index (χ2n) is 7.07. The van der Waals surface area contributed by atoms with Crippen LogP contribution in [-0.4, -0.2) is 22.3 Å². The summed E-state index contributed by atoms with van der Waals surface area (Å²) in [7, 11) is 0. The highest BCUT2D eigenvalue weighted by molar-refractivity contribution is 14.1. The van der Waals surface area contributed by atoms with Crippen molar-refractivity contribution in [3.05, 3.63) is 68.5 Å². The van der Waals surface area contributed by atoms with E-state index in [0.717, 1.165) is 27.7 Å². The van der Waals surface area contributed by atoms with Gasteiger partial charge in [-0.3, -0.25) is 9.63 Å². The van der Waals surface area contributed by atoms with Gasteiger partial charge in [0.2, 0.25) is 0 Å². The molecule has 1 aliphatic carbocycles. The van der Waals surface area contributed by atoms with Gasteiger partial charge in [-0.05, 0) is 90.2 Å². The molecule has 150 valence electrons. The minimum Gasteiger partial charge on any atom is -0.355 e. The average Bonchev–Trinajstić information content (AvgIpc) is 3.35. The van der Waals surface area contributed by atoms with Gasteiger partial charge in [0.15, 0.2) is 0 Å². The fraction of sp³-hybridized carbons (Fsp3) is 0.238. The number of nitrogens with one attached hydrogen (secondary N) is 2. The Bertz CT molecular complexity index is 1040. The molecule has 4 rings (SSSR count). The summed E-state index contributed by atoms with van der Waals surface area (Å²) in [6.07, 6.45) is 5.79. The summed E-state index contributed by atoms with van der Waals surface area (Å²) in [5.41, 5.74) is 6.23. The lowest BCUT2D eigenvalue weighted by molar-refractivity contribution is 0.0271. The molecule has 29 heavy (non-hydrogen) atoms. The standard InChI is InChI=1S/C21H20ClIN4O2/c1-13-9-15(23)5-6-18(13)25-19-11-20(27-8-2-7-24-27)17(22)10-16(19)21(28)26-29-12-14-3-4-14/h2,5-11,14,25H,3-4,12H2,1H3,(H,26,28). The Morgan fingerprint density at radius 1 is 1.31 bits per heavy atom. The van der Waals surface area contributed by atoms with E-state index < -0.39 is 0 Å². The number of aryl methyl sites for hydroxylation is 1. The first kappa shape index (κ1) is 20.2. The molecule has 0 aliphatic heterocycles. The highest BCUT2D eigenvalue weighted by atomic mass is 127. The summed E-state index contributed by atoms with van der Waals surface area (Å²) in [5, 5.41) is 8.05. The van der Waals surface area contributed by atoms with E-state index in [9.17, 15) is 4.79 Å². The smallest absolute Gasteiger partial charge is 0.277 e. The predicted molar refractivity (Wildman–Crippen MR) is 122 cm³/mol. The lowest BCUT2D eigenvalue weighted by Gasteiger charge is -2.17. The number of hydroxylamine groups is 1. The summed E-state index contributed by atoms with van der Waals surface area (Å²) in [4.78, 5) is 18.2. The normalized spacial score (nSPS) is 13.3. The van der Waals surface area contributed by atoms with Crippen LogP contribution >= 0.6 is 34.2 Å². The maximum atomic E-state index is 12.8. The molecule has 2 N–H and O–H groups in total. The predicted octanol–water partition coefficient (Wildman–Crippen LogP) is 5.25. The van der Waals surface area contributed by atoms with Gasteiger partial charge >= 0.3 is 0 Å². The molecule has 2 aromatic carbocycles. The number of rotatable bonds is 7. The van der Waals surface area contributed by atoms with Gasteiger partial charge in [-0.15, -0.1) is 0 Å². The second kappa shape index (κ2) is 8.73. The molecule has 1 fully saturated rings. The van der Waals surface area contributed by atoms with Crippen molar-refractivity contribution in [2.45, 2.75) is 19.8 Å². The van der Waals surface area contributed by atoms with E-state index in [1.165, 1.54) is 0 Å². The number of benzene rings is 2. The van der Waals surface area contributed by atoms with Crippen LogP contribution in [-0.2, 0) is 4.84 Å². The van der Waals surface area contributed by atoms with Crippen molar-refractivity contribution >= 4 is 51.5 Å². The SMILES string of the molecule is Cc1cc(I)ccc1Nc1cc(-n2cccn2)c(Cl)cc1C(=O)NOCC1CC1. The first-order valence-electron chi connectivity index (χ1n) is 9.30. The van der Waals surface area contributed by atoms with Crippen molar-refractivity contribution in [3.63, 3.8) is 0 Å². The zero-order valence-electron chi connectivity index (χ0n) is 15.8. The molecule has 0 saturated heterocycles. The molecule has 0 radical (unpaired) electrons. The van der Waals surface area contributed by atoms with Crippen molar-refractivity contribution in [1.29, 1.82) is 0 Å². The van der Waals surface area contributed by atoms with Gasteiger partial charge < -0.3 is 5.32 Å². The molecule has 3 aromatic rings. The van der Waals surface area contributed by atoms with Crippen molar-refractivity contribution in [3.8, 4) is 5.69 Å². The number of halogens is 2. The third kappa shape index (κ3) is 4.91. The Labute approximate surface area is 187 Å². The molecule has 0 spiro atoms. The summed E-state index contributed by atoms with van der Waals surface area (Å²) in [6, 6.07) is 11.4. The van der Waals surface area contributed by atoms with Crippen LogP contribution in [0.5, 0.6) is 0 Å². The van der Waals surface area contributed by atoms with Gasteiger partial charge in [0.25, 0.3) is 5.91 Å². The number of hydrogen-bond acceptors (Lipinski definition) is 4. The molecule has 1 aliphatic rings. The van der Waals surface area contributed by atoms with Crippen molar-refractivity contribution < 1.29 is 9.63 Å². The van der Waals surface area contributed by atoms with Crippen molar-refractivity contribution in [2.75, 3.05) is 11.9 Å². The Kier molecular flexibility index (Phi) is 6.07. The van der Waals surface area contributed by atoms with E-state index in [-0.39, 0.29) is 5.91 Å². The summed E-state index contributed by atoms with van der Waals surface area (Å²) < 4.78 is 2.81. The zero-order chi connectivity index (χ0) is 20.4. The summed E-state index contributed by atoms with van der Waals surface area (Å²) >= 11 is 8.75. The van der Waals surface area contributed by atoms with Crippen LogP contribution in [0.15, 0.2) is 48.8 Å². The molecule has 0 bridgehead atoms. The first-order chi connectivity index (χ1) is 14.0. The Morgan fingerprint density at radius 2 is 2.14 bits per heavy atom. The highest BCUT2D eigenvalue weighted by Gasteiger charge is 2.23. The lowest BCUT2D eigenvalue weighted by atomic mass is 10.1. The Morgan fingerprint density at radius 3 is 2.83 bits per heavy atom.